The fourth-order valence-corrected chi connectivity index (χ4v) is 3.95. The Kier molecular flexibility index (Phi) is 4.26. The van der Waals surface area contributed by atoms with Crippen LogP contribution in [-0.4, -0.2) is 10.9 Å². The van der Waals surface area contributed by atoms with Crippen molar-refractivity contribution in [3.63, 3.8) is 0 Å². The lowest BCUT2D eigenvalue weighted by atomic mass is 9.98. The molecular weight excluding hydrogens is 358 g/mol. The van der Waals surface area contributed by atoms with Crippen molar-refractivity contribution in [2.75, 3.05) is 0 Å². The Balaban J connectivity index is 1.71. The number of hydrogen-bond donors (Lipinski definition) is 0. The molecule has 0 aliphatic carbocycles. The van der Waals surface area contributed by atoms with Gasteiger partial charge in [0, 0.05) is 10.5 Å². The number of rotatable bonds is 4. The summed E-state index contributed by atoms with van der Waals surface area (Å²) in [5, 5.41) is 0. The summed E-state index contributed by atoms with van der Waals surface area (Å²) in [6, 6.07) is 31.7. The van der Waals surface area contributed by atoms with Crippen LogP contribution < -0.4 is 0 Å². The van der Waals surface area contributed by atoms with Crippen molar-refractivity contribution in [2.45, 2.75) is 25.0 Å². The number of halogens is 1. The first-order valence-electron chi connectivity index (χ1n) is 8.38. The normalized spacial score (nSPS) is 22.5. The summed E-state index contributed by atoms with van der Waals surface area (Å²) in [7, 11) is 0. The van der Waals surface area contributed by atoms with E-state index in [4.69, 9.17) is 0 Å². The Bertz CT molecular complexity index is 759. The van der Waals surface area contributed by atoms with Gasteiger partial charge in [0.15, 0.2) is 0 Å². The molecular formula is C22H20BrN. The monoisotopic (exact) mass is 377 g/mol. The summed E-state index contributed by atoms with van der Waals surface area (Å²) in [6.07, 6.45) is 0. The average molecular weight is 378 g/mol. The van der Waals surface area contributed by atoms with Gasteiger partial charge in [0.1, 0.15) is 0 Å². The molecule has 0 spiro atoms. The van der Waals surface area contributed by atoms with Crippen LogP contribution in [0.25, 0.3) is 0 Å². The fraction of sp³-hybridized carbons (Fsp3) is 0.182. The van der Waals surface area contributed by atoms with E-state index in [-0.39, 0.29) is 0 Å². The smallest absolute Gasteiger partial charge is 0.0611 e. The maximum atomic E-state index is 3.53. The largest absolute Gasteiger partial charge is 0.279 e. The molecule has 2 heteroatoms. The number of hydrogen-bond acceptors (Lipinski definition) is 1. The van der Waals surface area contributed by atoms with E-state index in [9.17, 15) is 0 Å². The molecule has 1 saturated heterocycles. The minimum atomic E-state index is 0.302. The molecule has 1 heterocycles. The molecule has 0 aromatic heterocycles. The van der Waals surface area contributed by atoms with Gasteiger partial charge in [-0.2, -0.15) is 0 Å². The van der Waals surface area contributed by atoms with Crippen molar-refractivity contribution in [3.05, 3.63) is 106 Å². The Morgan fingerprint density at radius 2 is 1.25 bits per heavy atom. The van der Waals surface area contributed by atoms with E-state index < -0.39 is 0 Å². The highest BCUT2D eigenvalue weighted by Crippen LogP contribution is 2.51. The Hall–Kier alpha value is -1.90. The molecule has 3 atom stereocenters. The van der Waals surface area contributed by atoms with Crippen molar-refractivity contribution in [3.8, 4) is 0 Å². The Morgan fingerprint density at radius 1 is 0.750 bits per heavy atom. The van der Waals surface area contributed by atoms with Crippen molar-refractivity contribution in [2.24, 2.45) is 0 Å². The van der Waals surface area contributed by atoms with Gasteiger partial charge in [-0.25, -0.2) is 0 Å². The predicted molar refractivity (Wildman–Crippen MR) is 103 cm³/mol. The van der Waals surface area contributed by atoms with Crippen LogP contribution >= 0.6 is 15.9 Å². The van der Waals surface area contributed by atoms with Gasteiger partial charge < -0.3 is 0 Å². The molecule has 120 valence electrons. The maximum absolute atomic E-state index is 3.53. The lowest BCUT2D eigenvalue weighted by molar-refractivity contribution is 0.414. The zero-order chi connectivity index (χ0) is 16.5. The molecule has 0 radical (unpaired) electrons. The fourth-order valence-electron chi connectivity index (χ4n) is 3.68. The van der Waals surface area contributed by atoms with E-state index in [1.165, 1.54) is 16.7 Å². The van der Waals surface area contributed by atoms with E-state index in [0.717, 1.165) is 4.47 Å². The van der Waals surface area contributed by atoms with Crippen LogP contribution in [0, 0.1) is 0 Å². The third-order valence-electron chi connectivity index (χ3n) is 4.90. The second-order valence-corrected chi connectivity index (χ2v) is 7.32. The topological polar surface area (TPSA) is 3.01 Å². The van der Waals surface area contributed by atoms with Crippen LogP contribution in [0.5, 0.6) is 0 Å². The van der Waals surface area contributed by atoms with Crippen LogP contribution in [-0.2, 0) is 0 Å². The van der Waals surface area contributed by atoms with E-state index in [2.05, 4.69) is 113 Å². The summed E-state index contributed by atoms with van der Waals surface area (Å²) in [5.74, 6) is 0. The van der Waals surface area contributed by atoms with Gasteiger partial charge >= 0.3 is 0 Å². The third-order valence-corrected chi connectivity index (χ3v) is 5.43. The van der Waals surface area contributed by atoms with Crippen molar-refractivity contribution in [1.29, 1.82) is 0 Å². The molecule has 1 aliphatic heterocycles. The molecule has 0 bridgehead atoms. The summed E-state index contributed by atoms with van der Waals surface area (Å²) in [5.41, 5.74) is 4.10. The van der Waals surface area contributed by atoms with Crippen LogP contribution in [0.4, 0.5) is 0 Å². The lowest BCUT2D eigenvalue weighted by Gasteiger charge is -2.21. The van der Waals surface area contributed by atoms with E-state index in [0.29, 0.717) is 18.1 Å². The van der Waals surface area contributed by atoms with Crippen LogP contribution in [0.15, 0.2) is 89.4 Å². The summed E-state index contributed by atoms with van der Waals surface area (Å²) in [6.45, 7) is 2.32. The molecule has 1 nitrogen and oxygen atoms in total. The van der Waals surface area contributed by atoms with Gasteiger partial charge in [0.05, 0.1) is 12.1 Å². The molecule has 1 aliphatic rings. The summed E-state index contributed by atoms with van der Waals surface area (Å²) < 4.78 is 1.13. The molecule has 3 aromatic carbocycles. The second kappa shape index (κ2) is 6.54. The van der Waals surface area contributed by atoms with Gasteiger partial charge in [-0.05, 0) is 35.7 Å². The van der Waals surface area contributed by atoms with Gasteiger partial charge in [0.2, 0.25) is 0 Å². The summed E-state index contributed by atoms with van der Waals surface area (Å²) >= 11 is 3.53. The first-order valence-corrected chi connectivity index (χ1v) is 9.18. The number of nitrogens with zero attached hydrogens (tertiary/aromatic N) is 1. The average Bonchev–Trinajstić information content (AvgIpc) is 3.28. The molecule has 3 aromatic rings. The first kappa shape index (κ1) is 15.6. The number of benzene rings is 3. The van der Waals surface area contributed by atoms with E-state index >= 15 is 0 Å². The van der Waals surface area contributed by atoms with Crippen molar-refractivity contribution in [1.82, 2.24) is 4.90 Å². The van der Waals surface area contributed by atoms with Gasteiger partial charge in [-0.15, -0.1) is 0 Å². The SMILES string of the molecule is C[C@H]1[C@@H](c2ccc(Br)cc2)N1C(c1ccccc1)c1ccccc1. The second-order valence-electron chi connectivity index (χ2n) is 6.41. The standard InChI is InChI=1S/C22H20BrN/c1-16-21(19-12-14-20(23)15-13-19)24(16)22(17-8-4-2-5-9-17)18-10-6-3-7-11-18/h2-16,21-22H,1H3/t16-,21-,24?/m0/s1. The van der Waals surface area contributed by atoms with Crippen LogP contribution in [0.3, 0.4) is 0 Å². The zero-order valence-corrected chi connectivity index (χ0v) is 15.2. The summed E-state index contributed by atoms with van der Waals surface area (Å²) in [4.78, 5) is 2.61. The van der Waals surface area contributed by atoms with Gasteiger partial charge in [-0.3, -0.25) is 4.90 Å². The third kappa shape index (κ3) is 2.92. The Morgan fingerprint density at radius 3 is 1.75 bits per heavy atom. The minimum absolute atomic E-state index is 0.302. The molecule has 1 fully saturated rings. The minimum Gasteiger partial charge on any atom is -0.279 e. The zero-order valence-electron chi connectivity index (χ0n) is 13.6. The molecule has 4 rings (SSSR count). The Labute approximate surface area is 152 Å². The van der Waals surface area contributed by atoms with E-state index in [1.54, 1.807) is 0 Å². The molecule has 1 unspecified atom stereocenters. The van der Waals surface area contributed by atoms with E-state index in [1.807, 2.05) is 0 Å². The highest BCUT2D eigenvalue weighted by Gasteiger charge is 2.49. The van der Waals surface area contributed by atoms with Crippen LogP contribution in [0.2, 0.25) is 0 Å². The highest BCUT2D eigenvalue weighted by atomic mass is 79.9. The van der Waals surface area contributed by atoms with Gasteiger partial charge in [0.25, 0.3) is 0 Å². The van der Waals surface area contributed by atoms with Crippen molar-refractivity contribution < 1.29 is 0 Å². The maximum Gasteiger partial charge on any atom is 0.0611 e. The predicted octanol–water partition coefficient (Wildman–Crippen LogP) is 5.98. The molecule has 0 N–H and O–H groups in total. The lowest BCUT2D eigenvalue weighted by Crippen LogP contribution is -2.13. The molecule has 0 saturated carbocycles. The first-order chi connectivity index (χ1) is 11.8. The molecule has 24 heavy (non-hydrogen) atoms. The molecule has 0 amide bonds. The highest BCUT2D eigenvalue weighted by molar-refractivity contribution is 9.10. The van der Waals surface area contributed by atoms with Crippen LogP contribution in [0.1, 0.15) is 35.7 Å². The van der Waals surface area contributed by atoms with Gasteiger partial charge in [-0.1, -0.05) is 88.7 Å². The van der Waals surface area contributed by atoms with Crippen molar-refractivity contribution >= 4 is 15.9 Å². The quantitative estimate of drug-likeness (QED) is 0.505.